The summed E-state index contributed by atoms with van der Waals surface area (Å²) in [4.78, 5) is 13.5. The van der Waals surface area contributed by atoms with Gasteiger partial charge >= 0.3 is 0 Å². The number of hydrogen-bond donors (Lipinski definition) is 0. The third kappa shape index (κ3) is 2.66. The third-order valence-corrected chi connectivity index (χ3v) is 1.89. The number of aromatic nitrogens is 2. The minimum atomic E-state index is 0.147. The van der Waals surface area contributed by atoms with Crippen molar-refractivity contribution in [3.8, 4) is 0 Å². The van der Waals surface area contributed by atoms with Crippen molar-refractivity contribution in [3.05, 3.63) is 18.0 Å². The van der Waals surface area contributed by atoms with Gasteiger partial charge in [-0.15, -0.1) is 0 Å². The van der Waals surface area contributed by atoms with Crippen LogP contribution in [0, 0.1) is 0 Å². The zero-order chi connectivity index (χ0) is 9.84. The molecule has 4 heteroatoms. The molecule has 1 rings (SSSR count). The molecule has 13 heavy (non-hydrogen) atoms. The van der Waals surface area contributed by atoms with E-state index >= 15 is 0 Å². The second-order valence-corrected chi connectivity index (χ2v) is 3.32. The second-order valence-electron chi connectivity index (χ2n) is 3.32. The molecule has 0 amide bonds. The van der Waals surface area contributed by atoms with Crippen LogP contribution in [0.3, 0.4) is 0 Å². The number of carbonyl (C=O) groups excluding carboxylic acids is 1. The van der Waals surface area contributed by atoms with E-state index in [9.17, 15) is 4.79 Å². The molecule has 0 N–H and O–H groups in total. The maximum atomic E-state index is 11.5. The van der Waals surface area contributed by atoms with Crippen molar-refractivity contribution < 1.29 is 4.79 Å². The minimum absolute atomic E-state index is 0.147. The largest absolute Gasteiger partial charge is 0.309 e. The van der Waals surface area contributed by atoms with Crippen LogP contribution in [0.15, 0.2) is 12.3 Å². The molecule has 0 saturated heterocycles. The van der Waals surface area contributed by atoms with Crippen molar-refractivity contribution >= 4 is 5.78 Å². The second kappa shape index (κ2) is 4.18. The molecular weight excluding hydrogens is 166 g/mol. The molecule has 4 nitrogen and oxygen atoms in total. The molecule has 0 aliphatic heterocycles. The Kier molecular flexibility index (Phi) is 3.19. The number of Topliss-reactive ketones (excluding diaryl/α,β-unsaturated/α-hetero) is 1. The van der Waals surface area contributed by atoms with Gasteiger partial charge in [0.05, 0.1) is 0 Å². The zero-order valence-corrected chi connectivity index (χ0v) is 8.32. The molecule has 0 aromatic carbocycles. The summed E-state index contributed by atoms with van der Waals surface area (Å²) < 4.78 is 1.61. The molecule has 0 fully saturated rings. The van der Waals surface area contributed by atoms with Crippen LogP contribution < -0.4 is 0 Å². The van der Waals surface area contributed by atoms with Gasteiger partial charge in [-0.1, -0.05) is 0 Å². The zero-order valence-electron chi connectivity index (χ0n) is 8.32. The molecule has 1 aromatic heterocycles. The first-order chi connectivity index (χ1) is 6.11. The van der Waals surface area contributed by atoms with Gasteiger partial charge in [0.1, 0.15) is 5.69 Å². The monoisotopic (exact) mass is 181 g/mol. The maximum absolute atomic E-state index is 11.5. The van der Waals surface area contributed by atoms with Gasteiger partial charge in [-0.3, -0.25) is 9.48 Å². The lowest BCUT2D eigenvalue weighted by Crippen LogP contribution is -2.18. The highest BCUT2D eigenvalue weighted by Crippen LogP contribution is 2.01. The Morgan fingerprint density at radius 1 is 1.62 bits per heavy atom. The highest BCUT2D eigenvalue weighted by Gasteiger charge is 2.09. The van der Waals surface area contributed by atoms with Gasteiger partial charge in [0.25, 0.3) is 0 Å². The summed E-state index contributed by atoms with van der Waals surface area (Å²) >= 11 is 0. The molecule has 0 saturated carbocycles. The molecule has 0 aliphatic rings. The van der Waals surface area contributed by atoms with Crippen LogP contribution in [-0.2, 0) is 7.05 Å². The lowest BCUT2D eigenvalue weighted by Gasteiger charge is -2.07. The van der Waals surface area contributed by atoms with Crippen LogP contribution in [0.2, 0.25) is 0 Å². The van der Waals surface area contributed by atoms with Gasteiger partial charge in [-0.05, 0) is 20.2 Å². The summed E-state index contributed by atoms with van der Waals surface area (Å²) in [5.41, 5.74) is 0.682. The lowest BCUT2D eigenvalue weighted by molar-refractivity contribution is 0.0963. The summed E-state index contributed by atoms with van der Waals surface area (Å²) in [5, 5.41) is 3.95. The number of aryl methyl sites for hydroxylation is 1. The smallest absolute Gasteiger partial charge is 0.182 e. The first-order valence-corrected chi connectivity index (χ1v) is 4.27. The number of rotatable bonds is 4. The fourth-order valence-corrected chi connectivity index (χ4v) is 1.10. The average Bonchev–Trinajstić information content (AvgIpc) is 2.47. The summed E-state index contributed by atoms with van der Waals surface area (Å²) in [6.07, 6.45) is 2.19. The molecule has 0 atom stereocenters. The van der Waals surface area contributed by atoms with Crippen molar-refractivity contribution in [3.63, 3.8) is 0 Å². The topological polar surface area (TPSA) is 38.1 Å². The molecule has 0 radical (unpaired) electrons. The standard InChI is InChI=1S/C9H15N3O/c1-11(2)7-5-9(13)8-4-6-10-12(8)3/h4,6H,5,7H2,1-3H3. The number of hydrogen-bond acceptors (Lipinski definition) is 3. The molecule has 72 valence electrons. The van der Waals surface area contributed by atoms with Gasteiger partial charge in [0.2, 0.25) is 0 Å². The van der Waals surface area contributed by atoms with Crippen molar-refractivity contribution in [2.24, 2.45) is 7.05 Å². The minimum Gasteiger partial charge on any atom is -0.309 e. The van der Waals surface area contributed by atoms with Crippen LogP contribution in [-0.4, -0.2) is 41.1 Å². The fourth-order valence-electron chi connectivity index (χ4n) is 1.10. The van der Waals surface area contributed by atoms with Crippen LogP contribution in [0.25, 0.3) is 0 Å². The van der Waals surface area contributed by atoms with E-state index in [0.717, 1.165) is 6.54 Å². The quantitative estimate of drug-likeness (QED) is 0.637. The van der Waals surface area contributed by atoms with E-state index in [1.54, 1.807) is 24.0 Å². The molecule has 1 heterocycles. The highest BCUT2D eigenvalue weighted by molar-refractivity contribution is 5.94. The Bertz CT molecular complexity index is 291. The Balaban J connectivity index is 2.54. The fraction of sp³-hybridized carbons (Fsp3) is 0.556. The summed E-state index contributed by atoms with van der Waals surface area (Å²) in [7, 11) is 5.69. The average molecular weight is 181 g/mol. The van der Waals surface area contributed by atoms with Crippen LogP contribution in [0.1, 0.15) is 16.9 Å². The molecule has 0 aliphatic carbocycles. The molecule has 0 unspecified atom stereocenters. The molecule has 0 bridgehead atoms. The number of carbonyl (C=O) groups is 1. The number of ketones is 1. The Morgan fingerprint density at radius 2 is 2.31 bits per heavy atom. The van der Waals surface area contributed by atoms with Crippen molar-refractivity contribution in [2.45, 2.75) is 6.42 Å². The van der Waals surface area contributed by atoms with Crippen molar-refractivity contribution in [1.29, 1.82) is 0 Å². The Labute approximate surface area is 78.1 Å². The van der Waals surface area contributed by atoms with E-state index in [1.807, 2.05) is 19.0 Å². The predicted molar refractivity (Wildman–Crippen MR) is 50.7 cm³/mol. The SMILES string of the molecule is CN(C)CCC(=O)c1ccnn1C. The van der Waals surface area contributed by atoms with E-state index in [0.29, 0.717) is 12.1 Å². The number of nitrogens with zero attached hydrogens (tertiary/aromatic N) is 3. The Morgan fingerprint density at radius 3 is 2.77 bits per heavy atom. The van der Waals surface area contributed by atoms with Gasteiger partial charge in [-0.25, -0.2) is 0 Å². The maximum Gasteiger partial charge on any atom is 0.182 e. The van der Waals surface area contributed by atoms with Crippen LogP contribution >= 0.6 is 0 Å². The summed E-state index contributed by atoms with van der Waals surface area (Å²) in [6.45, 7) is 0.782. The van der Waals surface area contributed by atoms with Gasteiger partial charge < -0.3 is 4.90 Å². The first-order valence-electron chi connectivity index (χ1n) is 4.27. The molecular formula is C9H15N3O. The van der Waals surface area contributed by atoms with Crippen molar-refractivity contribution in [1.82, 2.24) is 14.7 Å². The molecule has 1 aromatic rings. The van der Waals surface area contributed by atoms with E-state index in [-0.39, 0.29) is 5.78 Å². The van der Waals surface area contributed by atoms with Crippen LogP contribution in [0.5, 0.6) is 0 Å². The van der Waals surface area contributed by atoms with Gasteiger partial charge in [-0.2, -0.15) is 5.10 Å². The molecule has 0 spiro atoms. The summed E-state index contributed by atoms with van der Waals surface area (Å²) in [5.74, 6) is 0.147. The Hall–Kier alpha value is -1.16. The van der Waals surface area contributed by atoms with E-state index in [1.165, 1.54) is 0 Å². The van der Waals surface area contributed by atoms with Crippen molar-refractivity contribution in [2.75, 3.05) is 20.6 Å². The first kappa shape index (κ1) is 9.92. The predicted octanol–water partition coefficient (Wildman–Crippen LogP) is 0.554. The highest BCUT2D eigenvalue weighted by atomic mass is 16.1. The van der Waals surface area contributed by atoms with E-state index in [2.05, 4.69) is 5.10 Å². The third-order valence-electron chi connectivity index (χ3n) is 1.89. The normalized spacial score (nSPS) is 10.8. The summed E-state index contributed by atoms with van der Waals surface area (Å²) in [6, 6.07) is 1.75. The van der Waals surface area contributed by atoms with Crippen LogP contribution in [0.4, 0.5) is 0 Å². The van der Waals surface area contributed by atoms with E-state index in [4.69, 9.17) is 0 Å². The van der Waals surface area contributed by atoms with Gasteiger partial charge in [0.15, 0.2) is 5.78 Å². The van der Waals surface area contributed by atoms with E-state index < -0.39 is 0 Å². The van der Waals surface area contributed by atoms with Gasteiger partial charge in [0, 0.05) is 26.2 Å². The lowest BCUT2D eigenvalue weighted by atomic mass is 10.2.